The van der Waals surface area contributed by atoms with E-state index in [0.29, 0.717) is 0 Å². The number of piperidine rings is 1. The van der Waals surface area contributed by atoms with E-state index in [0.717, 1.165) is 45.6 Å². The predicted molar refractivity (Wildman–Crippen MR) is 94.1 cm³/mol. The minimum absolute atomic E-state index is 0.575. The van der Waals surface area contributed by atoms with Gasteiger partial charge in [-0.15, -0.1) is 0 Å². The Morgan fingerprint density at radius 3 is 1.78 bits per heavy atom. The standard InChI is InChI=1S/C20H26N2O/c23-20(11-13-21-14-12-20)17-22(15-18-7-3-1-4-8-18)16-19-9-5-2-6-10-19/h1-10,21,23H,11-17H2. The van der Waals surface area contributed by atoms with Crippen molar-refractivity contribution in [2.24, 2.45) is 0 Å². The van der Waals surface area contributed by atoms with Gasteiger partial charge in [-0.05, 0) is 37.1 Å². The summed E-state index contributed by atoms with van der Waals surface area (Å²) < 4.78 is 0. The minimum atomic E-state index is -0.575. The highest BCUT2D eigenvalue weighted by Crippen LogP contribution is 2.22. The summed E-state index contributed by atoms with van der Waals surface area (Å²) >= 11 is 0. The topological polar surface area (TPSA) is 35.5 Å². The summed E-state index contributed by atoms with van der Waals surface area (Å²) in [7, 11) is 0. The molecular weight excluding hydrogens is 284 g/mol. The first-order valence-electron chi connectivity index (χ1n) is 8.47. The Morgan fingerprint density at radius 2 is 1.30 bits per heavy atom. The first-order chi connectivity index (χ1) is 11.2. The van der Waals surface area contributed by atoms with Gasteiger partial charge < -0.3 is 10.4 Å². The molecule has 0 aliphatic carbocycles. The third-order valence-corrected chi connectivity index (χ3v) is 4.55. The molecule has 0 unspecified atom stereocenters. The van der Waals surface area contributed by atoms with E-state index in [9.17, 15) is 5.11 Å². The number of benzene rings is 2. The molecule has 2 aromatic carbocycles. The van der Waals surface area contributed by atoms with Gasteiger partial charge in [0.05, 0.1) is 5.60 Å². The van der Waals surface area contributed by atoms with Gasteiger partial charge in [-0.1, -0.05) is 60.7 Å². The normalized spacial score (nSPS) is 17.3. The van der Waals surface area contributed by atoms with Gasteiger partial charge in [0.1, 0.15) is 0 Å². The van der Waals surface area contributed by atoms with Crippen molar-refractivity contribution < 1.29 is 5.11 Å². The van der Waals surface area contributed by atoms with Crippen LogP contribution in [-0.4, -0.2) is 35.2 Å². The lowest BCUT2D eigenvalue weighted by Crippen LogP contribution is -2.49. The van der Waals surface area contributed by atoms with Crippen LogP contribution in [0.4, 0.5) is 0 Å². The monoisotopic (exact) mass is 310 g/mol. The Kier molecular flexibility index (Phi) is 5.44. The molecule has 3 rings (SSSR count). The molecule has 1 fully saturated rings. The lowest BCUT2D eigenvalue weighted by atomic mass is 9.91. The van der Waals surface area contributed by atoms with E-state index in [1.807, 2.05) is 12.1 Å². The quantitative estimate of drug-likeness (QED) is 0.861. The molecule has 0 bridgehead atoms. The van der Waals surface area contributed by atoms with Crippen molar-refractivity contribution >= 4 is 0 Å². The van der Waals surface area contributed by atoms with E-state index in [1.165, 1.54) is 11.1 Å². The highest BCUT2D eigenvalue weighted by Gasteiger charge is 2.31. The van der Waals surface area contributed by atoms with Gasteiger partial charge >= 0.3 is 0 Å². The van der Waals surface area contributed by atoms with E-state index in [-0.39, 0.29) is 0 Å². The molecule has 0 radical (unpaired) electrons. The fourth-order valence-corrected chi connectivity index (χ4v) is 3.32. The lowest BCUT2D eigenvalue weighted by Gasteiger charge is -2.37. The van der Waals surface area contributed by atoms with E-state index in [2.05, 4.69) is 58.7 Å². The third kappa shape index (κ3) is 4.90. The Bertz CT molecular complexity index is 538. The third-order valence-electron chi connectivity index (χ3n) is 4.55. The zero-order valence-electron chi connectivity index (χ0n) is 13.6. The fourth-order valence-electron chi connectivity index (χ4n) is 3.32. The van der Waals surface area contributed by atoms with Crippen LogP contribution in [0.5, 0.6) is 0 Å². The molecule has 1 saturated heterocycles. The van der Waals surface area contributed by atoms with Crippen molar-refractivity contribution in [3.63, 3.8) is 0 Å². The average molecular weight is 310 g/mol. The van der Waals surface area contributed by atoms with Crippen molar-refractivity contribution in [3.8, 4) is 0 Å². The molecule has 3 nitrogen and oxygen atoms in total. The summed E-state index contributed by atoms with van der Waals surface area (Å²) in [4.78, 5) is 2.37. The summed E-state index contributed by atoms with van der Waals surface area (Å²) in [6.45, 7) is 4.26. The summed E-state index contributed by atoms with van der Waals surface area (Å²) in [5, 5.41) is 14.3. The van der Waals surface area contributed by atoms with Gasteiger partial charge in [0.15, 0.2) is 0 Å². The number of rotatable bonds is 6. The van der Waals surface area contributed by atoms with Crippen molar-refractivity contribution in [2.45, 2.75) is 31.5 Å². The Balaban J connectivity index is 1.72. The summed E-state index contributed by atoms with van der Waals surface area (Å²) in [5.74, 6) is 0. The van der Waals surface area contributed by atoms with Gasteiger partial charge in [0, 0.05) is 19.6 Å². The predicted octanol–water partition coefficient (Wildman–Crippen LogP) is 2.80. The highest BCUT2D eigenvalue weighted by molar-refractivity contribution is 5.17. The fraction of sp³-hybridized carbons (Fsp3) is 0.400. The number of hydrogen-bond donors (Lipinski definition) is 2. The molecule has 122 valence electrons. The van der Waals surface area contributed by atoms with Crippen molar-refractivity contribution in [1.82, 2.24) is 10.2 Å². The van der Waals surface area contributed by atoms with Gasteiger partial charge in [-0.2, -0.15) is 0 Å². The molecule has 2 N–H and O–H groups in total. The van der Waals surface area contributed by atoms with Crippen LogP contribution < -0.4 is 5.32 Å². The molecule has 0 saturated carbocycles. The molecule has 23 heavy (non-hydrogen) atoms. The second kappa shape index (κ2) is 7.73. The smallest absolute Gasteiger partial charge is 0.0798 e. The number of aliphatic hydroxyl groups is 1. The Morgan fingerprint density at radius 1 is 0.826 bits per heavy atom. The van der Waals surface area contributed by atoms with E-state index >= 15 is 0 Å². The molecule has 0 aromatic heterocycles. The summed E-state index contributed by atoms with van der Waals surface area (Å²) in [5.41, 5.74) is 2.01. The molecule has 0 spiro atoms. The van der Waals surface area contributed by atoms with Crippen LogP contribution >= 0.6 is 0 Å². The largest absolute Gasteiger partial charge is 0.388 e. The molecule has 1 heterocycles. The Hall–Kier alpha value is -1.68. The van der Waals surface area contributed by atoms with Crippen LogP contribution in [0.15, 0.2) is 60.7 Å². The van der Waals surface area contributed by atoms with Gasteiger partial charge in [0.2, 0.25) is 0 Å². The first kappa shape index (κ1) is 16.2. The molecule has 2 aromatic rings. The van der Waals surface area contributed by atoms with Crippen LogP contribution in [0.1, 0.15) is 24.0 Å². The van der Waals surface area contributed by atoms with Crippen LogP contribution in [0, 0.1) is 0 Å². The molecule has 0 amide bonds. The highest BCUT2D eigenvalue weighted by atomic mass is 16.3. The van der Waals surface area contributed by atoms with E-state index in [1.54, 1.807) is 0 Å². The van der Waals surface area contributed by atoms with Gasteiger partial charge in [0.25, 0.3) is 0 Å². The minimum Gasteiger partial charge on any atom is -0.388 e. The molecule has 1 aliphatic heterocycles. The van der Waals surface area contributed by atoms with Crippen molar-refractivity contribution in [2.75, 3.05) is 19.6 Å². The summed E-state index contributed by atoms with van der Waals surface area (Å²) in [6, 6.07) is 21.0. The van der Waals surface area contributed by atoms with Crippen LogP contribution in [0.2, 0.25) is 0 Å². The number of nitrogens with zero attached hydrogens (tertiary/aromatic N) is 1. The molecular formula is C20H26N2O. The zero-order chi connectivity index (χ0) is 16.0. The molecule has 0 atom stereocenters. The summed E-state index contributed by atoms with van der Waals surface area (Å²) in [6.07, 6.45) is 1.65. The molecule has 1 aliphatic rings. The van der Waals surface area contributed by atoms with Crippen molar-refractivity contribution in [3.05, 3.63) is 71.8 Å². The van der Waals surface area contributed by atoms with Crippen LogP contribution in [0.25, 0.3) is 0 Å². The van der Waals surface area contributed by atoms with Crippen molar-refractivity contribution in [1.29, 1.82) is 0 Å². The maximum Gasteiger partial charge on any atom is 0.0798 e. The SMILES string of the molecule is OC1(CN(Cc2ccccc2)Cc2ccccc2)CCNCC1. The average Bonchev–Trinajstić information content (AvgIpc) is 2.57. The second-order valence-electron chi connectivity index (χ2n) is 6.59. The Labute approximate surface area is 139 Å². The van der Waals surface area contributed by atoms with E-state index < -0.39 is 5.60 Å². The maximum atomic E-state index is 10.9. The van der Waals surface area contributed by atoms with Gasteiger partial charge in [-0.3, -0.25) is 4.90 Å². The second-order valence-corrected chi connectivity index (χ2v) is 6.59. The lowest BCUT2D eigenvalue weighted by molar-refractivity contribution is -0.0248. The van der Waals surface area contributed by atoms with Crippen LogP contribution in [0.3, 0.4) is 0 Å². The van der Waals surface area contributed by atoms with Crippen LogP contribution in [-0.2, 0) is 13.1 Å². The number of nitrogens with one attached hydrogen (secondary N) is 1. The van der Waals surface area contributed by atoms with Gasteiger partial charge in [-0.25, -0.2) is 0 Å². The maximum absolute atomic E-state index is 10.9. The number of hydrogen-bond acceptors (Lipinski definition) is 3. The first-order valence-corrected chi connectivity index (χ1v) is 8.47. The zero-order valence-corrected chi connectivity index (χ0v) is 13.6. The molecule has 3 heteroatoms. The van der Waals surface area contributed by atoms with E-state index in [4.69, 9.17) is 0 Å².